The zero-order chi connectivity index (χ0) is 21.1. The second-order valence-corrected chi connectivity index (χ2v) is 6.75. The summed E-state index contributed by atoms with van der Waals surface area (Å²) in [6.45, 7) is 1.52. The van der Waals surface area contributed by atoms with Crippen LogP contribution in [0.4, 0.5) is 5.69 Å². The molecule has 1 aromatic heterocycles. The maximum atomic E-state index is 12.9. The monoisotopic (exact) mass is 406 g/mol. The maximum absolute atomic E-state index is 12.9. The lowest BCUT2D eigenvalue weighted by molar-refractivity contribution is -0.384. The largest absolute Gasteiger partial charge is 0.335 e. The molecule has 3 aromatic rings. The van der Waals surface area contributed by atoms with Crippen molar-refractivity contribution in [2.45, 2.75) is 0 Å². The minimum Gasteiger partial charge on any atom is -0.335 e. The van der Waals surface area contributed by atoms with E-state index in [1.165, 1.54) is 35.5 Å². The molecule has 1 saturated heterocycles. The van der Waals surface area contributed by atoms with Crippen LogP contribution < -0.4 is 0 Å². The highest BCUT2D eigenvalue weighted by molar-refractivity contribution is 5.96. The van der Waals surface area contributed by atoms with Gasteiger partial charge in [-0.25, -0.2) is 9.67 Å². The lowest BCUT2D eigenvalue weighted by Gasteiger charge is -2.34. The fourth-order valence-electron chi connectivity index (χ4n) is 3.39. The number of nitro groups is 1. The van der Waals surface area contributed by atoms with Gasteiger partial charge in [-0.05, 0) is 24.3 Å². The third-order valence-corrected chi connectivity index (χ3v) is 4.96. The van der Waals surface area contributed by atoms with Crippen LogP contribution in [0.3, 0.4) is 0 Å². The summed E-state index contributed by atoms with van der Waals surface area (Å²) in [5.74, 6) is -0.384. The summed E-state index contributed by atoms with van der Waals surface area (Å²) in [7, 11) is 0. The number of nitro benzene ring substituents is 1. The van der Waals surface area contributed by atoms with Gasteiger partial charge in [0.1, 0.15) is 18.3 Å². The molecule has 1 fully saturated rings. The van der Waals surface area contributed by atoms with E-state index < -0.39 is 4.92 Å². The second-order valence-electron chi connectivity index (χ2n) is 6.75. The van der Waals surface area contributed by atoms with Crippen molar-refractivity contribution in [3.05, 3.63) is 82.4 Å². The topological polar surface area (TPSA) is 114 Å². The molecule has 2 aromatic carbocycles. The van der Waals surface area contributed by atoms with Gasteiger partial charge in [0.05, 0.1) is 4.92 Å². The molecule has 1 aliphatic heterocycles. The number of aromatic nitrogens is 3. The molecule has 2 heterocycles. The molecule has 0 atom stereocenters. The van der Waals surface area contributed by atoms with E-state index in [-0.39, 0.29) is 28.8 Å². The summed E-state index contributed by atoms with van der Waals surface area (Å²) in [6, 6.07) is 13.3. The predicted molar refractivity (Wildman–Crippen MR) is 106 cm³/mol. The highest BCUT2D eigenvalue weighted by Gasteiger charge is 2.27. The Morgan fingerprint density at radius 2 is 1.53 bits per heavy atom. The van der Waals surface area contributed by atoms with Crippen LogP contribution in [-0.2, 0) is 0 Å². The first-order valence-electron chi connectivity index (χ1n) is 9.31. The number of amides is 2. The molecule has 152 valence electrons. The molecule has 0 radical (unpaired) electrons. The van der Waals surface area contributed by atoms with Gasteiger partial charge in [0.2, 0.25) is 0 Å². The van der Waals surface area contributed by atoms with Crippen LogP contribution in [0.2, 0.25) is 0 Å². The fraction of sp³-hybridized carbons (Fsp3) is 0.200. The molecule has 10 nitrogen and oxygen atoms in total. The molecule has 2 amide bonds. The number of piperazine rings is 1. The number of carbonyl (C=O) groups is 2. The van der Waals surface area contributed by atoms with Crippen LogP contribution >= 0.6 is 0 Å². The molecule has 0 N–H and O–H groups in total. The minimum absolute atomic E-state index is 0.0736. The van der Waals surface area contributed by atoms with E-state index >= 15 is 0 Å². The molecule has 0 bridgehead atoms. The fourth-order valence-corrected chi connectivity index (χ4v) is 3.39. The summed E-state index contributed by atoms with van der Waals surface area (Å²) in [5, 5.41) is 15.4. The number of hydrogen-bond donors (Lipinski definition) is 0. The Bertz CT molecular complexity index is 1080. The minimum atomic E-state index is -0.551. The van der Waals surface area contributed by atoms with E-state index in [1.807, 2.05) is 18.2 Å². The van der Waals surface area contributed by atoms with Gasteiger partial charge >= 0.3 is 0 Å². The average molecular weight is 406 g/mol. The van der Waals surface area contributed by atoms with Crippen molar-refractivity contribution in [1.29, 1.82) is 0 Å². The molecule has 30 heavy (non-hydrogen) atoms. The van der Waals surface area contributed by atoms with Crippen LogP contribution in [0.1, 0.15) is 20.7 Å². The first-order chi connectivity index (χ1) is 14.5. The van der Waals surface area contributed by atoms with Gasteiger partial charge < -0.3 is 9.80 Å². The highest BCUT2D eigenvalue weighted by atomic mass is 16.6. The van der Waals surface area contributed by atoms with Crippen molar-refractivity contribution < 1.29 is 14.5 Å². The van der Waals surface area contributed by atoms with Crippen molar-refractivity contribution in [2.75, 3.05) is 26.2 Å². The number of carbonyl (C=O) groups excluding carboxylic acids is 2. The Morgan fingerprint density at radius 1 is 0.900 bits per heavy atom. The summed E-state index contributed by atoms with van der Waals surface area (Å²) >= 11 is 0. The number of nitrogens with zero attached hydrogens (tertiary/aromatic N) is 6. The SMILES string of the molecule is O=C(c1ccccc1)N1CCN(C(=O)c2ccc(-n3cncn3)c([N+](=O)[O-])c2)CC1. The number of rotatable bonds is 4. The first-order valence-corrected chi connectivity index (χ1v) is 9.31. The summed E-state index contributed by atoms with van der Waals surface area (Å²) in [5.41, 5.74) is 0.821. The Kier molecular flexibility index (Phi) is 5.21. The standard InChI is InChI=1S/C20H18N6O4/c27-19(15-4-2-1-3-5-15)23-8-10-24(11-9-23)20(28)16-6-7-17(18(12-16)26(29)30)25-14-21-13-22-25/h1-7,12-14H,8-11H2. The Labute approximate surface area is 171 Å². The lowest BCUT2D eigenvalue weighted by atomic mass is 10.1. The molecule has 4 rings (SSSR count). The maximum Gasteiger partial charge on any atom is 0.295 e. The van der Waals surface area contributed by atoms with E-state index in [2.05, 4.69) is 10.1 Å². The van der Waals surface area contributed by atoms with Gasteiger partial charge in [0.25, 0.3) is 17.5 Å². The summed E-state index contributed by atoms with van der Waals surface area (Å²) < 4.78 is 1.28. The van der Waals surface area contributed by atoms with Gasteiger partial charge in [-0.15, -0.1) is 0 Å². The van der Waals surface area contributed by atoms with Crippen molar-refractivity contribution in [2.24, 2.45) is 0 Å². The summed E-state index contributed by atoms with van der Waals surface area (Å²) in [4.78, 5) is 43.5. The van der Waals surface area contributed by atoms with Crippen LogP contribution in [0.25, 0.3) is 5.69 Å². The molecule has 0 aliphatic carbocycles. The van der Waals surface area contributed by atoms with Crippen LogP contribution in [0, 0.1) is 10.1 Å². The molecule has 10 heteroatoms. The summed E-state index contributed by atoms with van der Waals surface area (Å²) in [6.07, 6.45) is 2.63. The quantitative estimate of drug-likeness (QED) is 0.482. The van der Waals surface area contributed by atoms with Crippen molar-refractivity contribution in [3.63, 3.8) is 0 Å². The third-order valence-electron chi connectivity index (χ3n) is 4.96. The van der Waals surface area contributed by atoms with Gasteiger partial charge in [-0.1, -0.05) is 18.2 Å². The van der Waals surface area contributed by atoms with Crippen LogP contribution in [0.15, 0.2) is 61.2 Å². The number of benzene rings is 2. The van der Waals surface area contributed by atoms with E-state index in [0.717, 1.165) is 0 Å². The normalized spacial score (nSPS) is 13.9. The molecule has 1 aliphatic rings. The van der Waals surface area contributed by atoms with E-state index in [9.17, 15) is 19.7 Å². The van der Waals surface area contributed by atoms with E-state index in [4.69, 9.17) is 0 Å². The van der Waals surface area contributed by atoms with Crippen LogP contribution in [-0.4, -0.2) is 67.5 Å². The van der Waals surface area contributed by atoms with Gasteiger partial charge in [-0.3, -0.25) is 19.7 Å². The highest BCUT2D eigenvalue weighted by Crippen LogP contribution is 2.24. The first kappa shape index (κ1) is 19.2. The Hall–Kier alpha value is -4.08. The Balaban J connectivity index is 1.47. The van der Waals surface area contributed by atoms with Gasteiger partial charge in [0, 0.05) is 43.4 Å². The lowest BCUT2D eigenvalue weighted by Crippen LogP contribution is -2.50. The molecule has 0 spiro atoms. The zero-order valence-corrected chi connectivity index (χ0v) is 15.9. The smallest absolute Gasteiger partial charge is 0.295 e. The average Bonchev–Trinajstić information content (AvgIpc) is 3.33. The molecular formula is C20H18N6O4. The predicted octanol–water partition coefficient (Wildman–Crippen LogP) is 1.77. The zero-order valence-electron chi connectivity index (χ0n) is 15.9. The number of hydrogen-bond acceptors (Lipinski definition) is 6. The Morgan fingerprint density at radius 3 is 2.10 bits per heavy atom. The van der Waals surface area contributed by atoms with Crippen molar-refractivity contribution in [3.8, 4) is 5.69 Å². The van der Waals surface area contributed by atoms with Gasteiger partial charge in [-0.2, -0.15) is 5.10 Å². The van der Waals surface area contributed by atoms with E-state index in [0.29, 0.717) is 31.7 Å². The van der Waals surface area contributed by atoms with Crippen molar-refractivity contribution in [1.82, 2.24) is 24.6 Å². The van der Waals surface area contributed by atoms with Crippen LogP contribution in [0.5, 0.6) is 0 Å². The second kappa shape index (κ2) is 8.11. The third kappa shape index (κ3) is 3.75. The molecule has 0 unspecified atom stereocenters. The van der Waals surface area contributed by atoms with Gasteiger partial charge in [0.15, 0.2) is 0 Å². The molecule has 0 saturated carbocycles. The van der Waals surface area contributed by atoms with Crippen molar-refractivity contribution >= 4 is 17.5 Å². The van der Waals surface area contributed by atoms with E-state index in [1.54, 1.807) is 21.9 Å². The molecular weight excluding hydrogens is 388 g/mol.